The summed E-state index contributed by atoms with van der Waals surface area (Å²) in [4.78, 5) is 36.5. The molecule has 1 N–H and O–H groups in total. The summed E-state index contributed by atoms with van der Waals surface area (Å²) in [7, 11) is 0. The second-order valence-corrected chi connectivity index (χ2v) is 4.52. The Hall–Kier alpha value is -3.14. The molecule has 7 nitrogen and oxygen atoms in total. The summed E-state index contributed by atoms with van der Waals surface area (Å²) >= 11 is 0. The lowest BCUT2D eigenvalue weighted by Gasteiger charge is -2.23. The van der Waals surface area contributed by atoms with Crippen LogP contribution in [0.25, 0.3) is 0 Å². The number of imide groups is 1. The Morgan fingerprint density at radius 3 is 2.39 bits per heavy atom. The van der Waals surface area contributed by atoms with Gasteiger partial charge >= 0.3 is 12.0 Å². The molecule has 0 bridgehead atoms. The summed E-state index contributed by atoms with van der Waals surface area (Å²) < 4.78 is 0. The molecular weight excluding hydrogens is 298 g/mol. The monoisotopic (exact) mass is 315 g/mol. The molecule has 0 atom stereocenters. The number of benzene rings is 1. The number of amides is 3. The van der Waals surface area contributed by atoms with Crippen LogP contribution in [0.2, 0.25) is 0 Å². The van der Waals surface area contributed by atoms with Crippen LogP contribution in [-0.2, 0) is 16.0 Å². The number of urea groups is 1. The van der Waals surface area contributed by atoms with E-state index < -0.39 is 17.9 Å². The minimum atomic E-state index is -1.29. The molecule has 0 aromatic heterocycles. The largest absolute Gasteiger partial charge is 0.478 e. The summed E-state index contributed by atoms with van der Waals surface area (Å²) in [6.07, 6.45) is 3.57. The van der Waals surface area contributed by atoms with Crippen LogP contribution in [0.4, 0.5) is 4.79 Å². The molecule has 120 valence electrons. The first-order valence-electron chi connectivity index (χ1n) is 6.97. The van der Waals surface area contributed by atoms with Gasteiger partial charge < -0.3 is 5.11 Å². The highest BCUT2D eigenvalue weighted by molar-refractivity contribution is 6.02. The summed E-state index contributed by atoms with van der Waals surface area (Å²) in [5.41, 5.74) is 0.917. The molecular formula is C16H17N3O4. The van der Waals surface area contributed by atoms with E-state index in [-0.39, 0.29) is 13.1 Å². The zero-order valence-corrected chi connectivity index (χ0v) is 12.7. The van der Waals surface area contributed by atoms with Gasteiger partial charge in [0, 0.05) is 25.2 Å². The third-order valence-electron chi connectivity index (χ3n) is 3.00. The van der Waals surface area contributed by atoms with Gasteiger partial charge in [0.2, 0.25) is 0 Å². The first kappa shape index (κ1) is 17.9. The normalized spacial score (nSPS) is 10.1. The molecule has 0 saturated carbocycles. The van der Waals surface area contributed by atoms with Crippen molar-refractivity contribution in [2.45, 2.75) is 13.3 Å². The average Bonchev–Trinajstić information content (AvgIpc) is 2.55. The Morgan fingerprint density at radius 1 is 1.22 bits per heavy atom. The van der Waals surface area contributed by atoms with Crippen LogP contribution in [0.3, 0.4) is 0 Å². The number of carbonyl (C=O) groups excluding carboxylic acids is 2. The van der Waals surface area contributed by atoms with Crippen molar-refractivity contribution in [3.8, 4) is 6.19 Å². The van der Waals surface area contributed by atoms with Gasteiger partial charge in [-0.25, -0.2) is 14.5 Å². The molecule has 23 heavy (non-hydrogen) atoms. The molecule has 0 radical (unpaired) electrons. The van der Waals surface area contributed by atoms with E-state index in [9.17, 15) is 14.4 Å². The third-order valence-corrected chi connectivity index (χ3v) is 3.00. The fourth-order valence-corrected chi connectivity index (χ4v) is 1.81. The Bertz CT molecular complexity index is 634. The number of hydrogen-bond acceptors (Lipinski definition) is 4. The number of nitrogens with zero attached hydrogens (tertiary/aromatic N) is 3. The van der Waals surface area contributed by atoms with E-state index in [1.807, 2.05) is 30.3 Å². The van der Waals surface area contributed by atoms with Gasteiger partial charge in [0.05, 0.1) is 0 Å². The fraction of sp³-hybridized carbons (Fsp3) is 0.250. The lowest BCUT2D eigenvalue weighted by atomic mass is 10.1. The lowest BCUT2D eigenvalue weighted by Crippen LogP contribution is -2.44. The first-order valence-corrected chi connectivity index (χ1v) is 6.97. The van der Waals surface area contributed by atoms with Crippen LogP contribution in [0.5, 0.6) is 0 Å². The third kappa shape index (κ3) is 5.63. The molecule has 3 amide bonds. The number of hydrogen-bond donors (Lipinski definition) is 1. The van der Waals surface area contributed by atoms with Gasteiger partial charge in [-0.05, 0) is 18.9 Å². The first-order chi connectivity index (χ1) is 11.0. The molecule has 0 saturated heterocycles. The van der Waals surface area contributed by atoms with Crippen molar-refractivity contribution >= 4 is 17.9 Å². The van der Waals surface area contributed by atoms with Crippen LogP contribution in [-0.4, -0.2) is 45.9 Å². The average molecular weight is 315 g/mol. The van der Waals surface area contributed by atoms with E-state index in [4.69, 9.17) is 10.4 Å². The maximum absolute atomic E-state index is 12.2. The zero-order chi connectivity index (χ0) is 17.2. The van der Waals surface area contributed by atoms with E-state index in [1.165, 1.54) is 0 Å². The van der Waals surface area contributed by atoms with E-state index in [1.54, 1.807) is 13.1 Å². The van der Waals surface area contributed by atoms with Crippen LogP contribution >= 0.6 is 0 Å². The second-order valence-electron chi connectivity index (χ2n) is 4.52. The minimum absolute atomic E-state index is 0.0455. The van der Waals surface area contributed by atoms with Gasteiger partial charge in [0.1, 0.15) is 0 Å². The van der Waals surface area contributed by atoms with Crippen molar-refractivity contribution < 1.29 is 19.5 Å². The summed E-state index contributed by atoms with van der Waals surface area (Å²) in [5, 5.41) is 17.5. The highest BCUT2D eigenvalue weighted by atomic mass is 16.4. The molecule has 7 heteroatoms. The van der Waals surface area contributed by atoms with Gasteiger partial charge in [-0.1, -0.05) is 30.3 Å². The molecule has 1 rings (SSSR count). The van der Waals surface area contributed by atoms with Crippen molar-refractivity contribution in [2.75, 3.05) is 13.1 Å². The second kappa shape index (κ2) is 9.00. The standard InChI is InChI=1S/C16H17N3O4/c1-2-18(12-17)16(23)19(14(20)8-9-15(21)22)11-10-13-6-4-3-5-7-13/h3-9H,2,10-11H2,1H3,(H,21,22)/b9-8+. The van der Waals surface area contributed by atoms with Gasteiger partial charge in [-0.3, -0.25) is 9.69 Å². The number of carboxylic acids is 1. The van der Waals surface area contributed by atoms with Gasteiger partial charge in [0.15, 0.2) is 6.19 Å². The number of carbonyl (C=O) groups is 3. The van der Waals surface area contributed by atoms with Crippen LogP contribution < -0.4 is 0 Å². The van der Waals surface area contributed by atoms with Gasteiger partial charge in [-0.15, -0.1) is 0 Å². The molecule has 0 unspecified atom stereocenters. The van der Waals surface area contributed by atoms with Crippen molar-refractivity contribution in [3.63, 3.8) is 0 Å². The maximum atomic E-state index is 12.2. The van der Waals surface area contributed by atoms with E-state index >= 15 is 0 Å². The summed E-state index contributed by atoms with van der Waals surface area (Å²) in [6, 6.07) is 8.44. The topological polar surface area (TPSA) is 102 Å². The van der Waals surface area contributed by atoms with Crippen LogP contribution in [0.1, 0.15) is 12.5 Å². The van der Waals surface area contributed by atoms with Crippen LogP contribution in [0, 0.1) is 11.5 Å². The smallest absolute Gasteiger partial charge is 0.340 e. The summed E-state index contributed by atoms with van der Waals surface area (Å²) in [5.74, 6) is -2.07. The van der Waals surface area contributed by atoms with E-state index in [0.717, 1.165) is 21.4 Å². The van der Waals surface area contributed by atoms with Gasteiger partial charge in [0.25, 0.3) is 5.91 Å². The molecule has 0 aliphatic rings. The quantitative estimate of drug-likeness (QED) is 0.488. The van der Waals surface area contributed by atoms with Crippen molar-refractivity contribution in [1.29, 1.82) is 5.26 Å². The van der Waals surface area contributed by atoms with Crippen molar-refractivity contribution in [1.82, 2.24) is 9.80 Å². The highest BCUT2D eigenvalue weighted by Crippen LogP contribution is 2.06. The number of nitriles is 1. The molecule has 0 spiro atoms. The molecule has 0 fully saturated rings. The predicted octanol–water partition coefficient (Wildman–Crippen LogP) is 1.62. The number of rotatable bonds is 6. The lowest BCUT2D eigenvalue weighted by molar-refractivity contribution is -0.132. The van der Waals surface area contributed by atoms with Crippen molar-refractivity contribution in [3.05, 3.63) is 48.0 Å². The highest BCUT2D eigenvalue weighted by Gasteiger charge is 2.24. The molecule has 0 aliphatic carbocycles. The number of carboxylic acid groups (broad SMARTS) is 1. The molecule has 1 aromatic rings. The number of aliphatic carboxylic acids is 1. The molecule has 0 aliphatic heterocycles. The van der Waals surface area contributed by atoms with E-state index in [0.29, 0.717) is 12.5 Å². The van der Waals surface area contributed by atoms with Gasteiger partial charge in [-0.2, -0.15) is 5.26 Å². The maximum Gasteiger partial charge on any atom is 0.340 e. The zero-order valence-electron chi connectivity index (χ0n) is 12.7. The SMILES string of the molecule is CCN(C#N)C(=O)N(CCc1ccccc1)C(=O)/C=C/C(=O)O. The summed E-state index contributed by atoms with van der Waals surface area (Å²) in [6.45, 7) is 1.77. The minimum Gasteiger partial charge on any atom is -0.478 e. The Balaban J connectivity index is 2.91. The fourth-order valence-electron chi connectivity index (χ4n) is 1.81. The van der Waals surface area contributed by atoms with Crippen LogP contribution in [0.15, 0.2) is 42.5 Å². The Kier molecular flexibility index (Phi) is 7.01. The molecule has 1 aromatic carbocycles. The van der Waals surface area contributed by atoms with Crippen molar-refractivity contribution in [2.24, 2.45) is 0 Å². The molecule has 0 heterocycles. The van der Waals surface area contributed by atoms with E-state index in [2.05, 4.69) is 0 Å². The Morgan fingerprint density at radius 2 is 1.87 bits per heavy atom. The predicted molar refractivity (Wildman–Crippen MR) is 82.0 cm³/mol. The Labute approximate surface area is 134 Å².